The number of rotatable bonds is 5. The molecule has 0 spiro atoms. The molecule has 3 atom stereocenters. The second kappa shape index (κ2) is 8.42. The minimum absolute atomic E-state index is 0.0550. The van der Waals surface area contributed by atoms with Gasteiger partial charge in [0.1, 0.15) is 6.10 Å². The molecule has 4 rings (SSSR count). The number of carbonyl (C=O) groups excluding carboxylic acids is 1. The van der Waals surface area contributed by atoms with E-state index in [2.05, 4.69) is 24.3 Å². The number of aliphatic hydroxyl groups excluding tert-OH is 1. The van der Waals surface area contributed by atoms with Crippen LogP contribution in [0.4, 0.5) is 4.79 Å². The van der Waals surface area contributed by atoms with Gasteiger partial charge >= 0.3 is 6.09 Å². The third kappa shape index (κ3) is 3.97. The molecule has 166 valence electrons. The summed E-state index contributed by atoms with van der Waals surface area (Å²) < 4.78 is 16.9. The molecule has 31 heavy (non-hydrogen) atoms. The largest absolute Gasteiger partial charge is 0.493 e. The lowest BCUT2D eigenvalue weighted by Crippen LogP contribution is -2.38. The van der Waals surface area contributed by atoms with Crippen LogP contribution in [0.2, 0.25) is 0 Å². The molecular weight excluding hydrogens is 394 g/mol. The van der Waals surface area contributed by atoms with Gasteiger partial charge in [0.2, 0.25) is 0 Å². The number of benzene rings is 2. The summed E-state index contributed by atoms with van der Waals surface area (Å²) in [7, 11) is 3.02. The van der Waals surface area contributed by atoms with Gasteiger partial charge in [0.05, 0.1) is 20.3 Å². The maximum absolute atomic E-state index is 12.2. The highest BCUT2D eigenvalue weighted by atomic mass is 16.5. The van der Waals surface area contributed by atoms with E-state index in [0.29, 0.717) is 24.6 Å². The molecule has 0 saturated carbocycles. The predicted octanol–water partition coefficient (Wildman–Crippen LogP) is 3.79. The summed E-state index contributed by atoms with van der Waals surface area (Å²) in [6.45, 7) is 4.71. The number of hydrogen-bond acceptors (Lipinski definition) is 5. The Morgan fingerprint density at radius 1 is 1.13 bits per heavy atom. The molecule has 6 nitrogen and oxygen atoms in total. The number of likely N-dealkylation sites (tertiary alicyclic amines) is 1. The molecule has 6 heteroatoms. The zero-order valence-electron chi connectivity index (χ0n) is 18.6. The first-order valence-corrected chi connectivity index (χ1v) is 10.8. The van der Waals surface area contributed by atoms with Crippen molar-refractivity contribution in [1.29, 1.82) is 0 Å². The van der Waals surface area contributed by atoms with Crippen molar-refractivity contribution in [2.75, 3.05) is 27.3 Å². The van der Waals surface area contributed by atoms with Crippen LogP contribution in [0.3, 0.4) is 0 Å². The van der Waals surface area contributed by atoms with Crippen LogP contribution >= 0.6 is 0 Å². The Bertz CT molecular complexity index is 934. The van der Waals surface area contributed by atoms with E-state index in [1.807, 2.05) is 25.1 Å². The molecule has 2 aromatic carbocycles. The average Bonchev–Trinajstić information content (AvgIpc) is 3.34. The number of carbonyl (C=O) groups is 1. The molecule has 1 N–H and O–H groups in total. The van der Waals surface area contributed by atoms with Crippen molar-refractivity contribution >= 4 is 6.09 Å². The van der Waals surface area contributed by atoms with E-state index in [9.17, 15) is 9.90 Å². The molecule has 1 unspecified atom stereocenters. The Labute approximate surface area is 183 Å². The van der Waals surface area contributed by atoms with Crippen LogP contribution in [-0.4, -0.2) is 55.6 Å². The Balaban J connectivity index is 1.61. The van der Waals surface area contributed by atoms with Crippen LogP contribution in [0.1, 0.15) is 36.5 Å². The molecular formula is C25H31NO5. The van der Waals surface area contributed by atoms with E-state index < -0.39 is 11.5 Å². The van der Waals surface area contributed by atoms with E-state index in [1.165, 1.54) is 18.2 Å². The van der Waals surface area contributed by atoms with E-state index in [0.717, 1.165) is 18.4 Å². The Kier molecular flexibility index (Phi) is 5.84. The minimum Gasteiger partial charge on any atom is -0.493 e. The number of ether oxygens (including phenoxy) is 3. The second-order valence-corrected chi connectivity index (χ2v) is 8.91. The van der Waals surface area contributed by atoms with Crippen LogP contribution in [0, 0.1) is 5.41 Å². The van der Waals surface area contributed by atoms with Crippen molar-refractivity contribution < 1.29 is 24.1 Å². The topological polar surface area (TPSA) is 68.2 Å². The monoisotopic (exact) mass is 425 g/mol. The van der Waals surface area contributed by atoms with Crippen molar-refractivity contribution in [3.05, 3.63) is 59.2 Å². The third-order valence-corrected chi connectivity index (χ3v) is 7.02. The van der Waals surface area contributed by atoms with Crippen molar-refractivity contribution in [3.63, 3.8) is 0 Å². The lowest BCUT2D eigenvalue weighted by molar-refractivity contribution is 0.0470. The number of methoxy groups -OCH3 is 2. The van der Waals surface area contributed by atoms with Gasteiger partial charge in [-0.3, -0.25) is 0 Å². The Morgan fingerprint density at radius 3 is 2.39 bits per heavy atom. The maximum Gasteiger partial charge on any atom is 0.409 e. The van der Waals surface area contributed by atoms with E-state index >= 15 is 0 Å². The molecule has 0 aromatic heterocycles. The quantitative estimate of drug-likeness (QED) is 0.789. The summed E-state index contributed by atoms with van der Waals surface area (Å²) in [6, 6.07) is 14.4. The molecule has 0 bridgehead atoms. The summed E-state index contributed by atoms with van der Waals surface area (Å²) in [6.07, 6.45) is 0.828. The maximum atomic E-state index is 12.2. The summed E-state index contributed by atoms with van der Waals surface area (Å²) in [5, 5.41) is 10.6. The van der Waals surface area contributed by atoms with Crippen LogP contribution in [-0.2, 0) is 17.6 Å². The molecule has 2 aromatic rings. The Morgan fingerprint density at radius 2 is 1.81 bits per heavy atom. The Hall–Kier alpha value is -2.73. The van der Waals surface area contributed by atoms with Crippen molar-refractivity contribution in [3.8, 4) is 11.5 Å². The molecule has 1 fully saturated rings. The van der Waals surface area contributed by atoms with E-state index in [1.54, 1.807) is 18.9 Å². The van der Waals surface area contributed by atoms with Gasteiger partial charge in [0.25, 0.3) is 0 Å². The van der Waals surface area contributed by atoms with Gasteiger partial charge in [0, 0.05) is 37.3 Å². The van der Waals surface area contributed by atoms with Crippen LogP contribution in [0.5, 0.6) is 11.5 Å². The molecule has 1 amide bonds. The van der Waals surface area contributed by atoms with Gasteiger partial charge in [-0.25, -0.2) is 4.79 Å². The van der Waals surface area contributed by atoms with Gasteiger partial charge in [-0.15, -0.1) is 0 Å². The minimum atomic E-state index is -0.594. The highest BCUT2D eigenvalue weighted by molar-refractivity contribution is 5.68. The van der Waals surface area contributed by atoms with Gasteiger partial charge in [0.15, 0.2) is 11.5 Å². The molecule has 1 saturated heterocycles. The zero-order chi connectivity index (χ0) is 22.2. The number of fused-ring (bicyclic) bond motifs is 1. The second-order valence-electron chi connectivity index (χ2n) is 8.91. The summed E-state index contributed by atoms with van der Waals surface area (Å²) in [5.41, 5.74) is 3.17. The molecule has 1 aliphatic heterocycles. The summed E-state index contributed by atoms with van der Waals surface area (Å²) in [5.74, 6) is 1.32. The van der Waals surface area contributed by atoms with Crippen LogP contribution in [0.25, 0.3) is 0 Å². The van der Waals surface area contributed by atoms with E-state index in [-0.39, 0.29) is 18.1 Å². The van der Waals surface area contributed by atoms with Gasteiger partial charge in [-0.1, -0.05) is 37.3 Å². The zero-order valence-corrected chi connectivity index (χ0v) is 18.6. The molecule has 1 aliphatic carbocycles. The highest BCUT2D eigenvalue weighted by Crippen LogP contribution is 2.47. The fourth-order valence-electron chi connectivity index (χ4n) is 4.98. The average molecular weight is 426 g/mol. The first-order chi connectivity index (χ1) is 14.9. The number of amides is 1. The van der Waals surface area contributed by atoms with Gasteiger partial charge in [-0.05, 0) is 35.7 Å². The summed E-state index contributed by atoms with van der Waals surface area (Å²) >= 11 is 0. The number of nitrogens with zero attached hydrogens (tertiary/aromatic N) is 1. The SMILES string of the molecule is COC(=O)N1C[C@H](c2ccc(OC)c(OC3Cc4ccccc4C3)c2)[C@](C)(C(C)O)C1. The van der Waals surface area contributed by atoms with Crippen molar-refractivity contribution in [2.45, 2.75) is 44.8 Å². The molecule has 2 aliphatic rings. The number of aliphatic hydroxyl groups is 1. The van der Waals surface area contributed by atoms with Crippen molar-refractivity contribution in [2.24, 2.45) is 5.41 Å². The number of hydrogen-bond donors (Lipinski definition) is 1. The molecule has 0 radical (unpaired) electrons. The lowest BCUT2D eigenvalue weighted by Gasteiger charge is -2.33. The predicted molar refractivity (Wildman–Crippen MR) is 118 cm³/mol. The smallest absolute Gasteiger partial charge is 0.409 e. The van der Waals surface area contributed by atoms with Gasteiger partial charge < -0.3 is 24.2 Å². The van der Waals surface area contributed by atoms with Crippen molar-refractivity contribution in [1.82, 2.24) is 4.90 Å². The standard InChI is InChI=1S/C25H31NO5/c1-16(27)25(2)15-26(24(28)30-4)14-21(25)19-9-10-22(29-3)23(13-19)31-20-11-17-7-5-6-8-18(17)12-20/h5-10,13,16,20-21,27H,11-12,14-15H2,1-4H3/t16?,21-,25+/m1/s1. The first kappa shape index (κ1) is 21.5. The van der Waals surface area contributed by atoms with Crippen LogP contribution < -0.4 is 9.47 Å². The fraction of sp³-hybridized carbons (Fsp3) is 0.480. The summed E-state index contributed by atoms with van der Waals surface area (Å²) in [4.78, 5) is 13.8. The van der Waals surface area contributed by atoms with Gasteiger partial charge in [-0.2, -0.15) is 0 Å². The van der Waals surface area contributed by atoms with Crippen LogP contribution in [0.15, 0.2) is 42.5 Å². The normalized spacial score (nSPS) is 24.0. The highest BCUT2D eigenvalue weighted by Gasteiger charge is 2.48. The third-order valence-electron chi connectivity index (χ3n) is 7.02. The first-order valence-electron chi connectivity index (χ1n) is 10.8. The van der Waals surface area contributed by atoms with E-state index in [4.69, 9.17) is 14.2 Å². The lowest BCUT2D eigenvalue weighted by atomic mass is 9.72. The fourth-order valence-corrected chi connectivity index (χ4v) is 4.98. The molecule has 1 heterocycles.